The molecule has 6 heteroatoms. The highest BCUT2D eigenvalue weighted by molar-refractivity contribution is 7.80. The van der Waals surface area contributed by atoms with Crippen LogP contribution in [0.25, 0.3) is 0 Å². The van der Waals surface area contributed by atoms with Gasteiger partial charge >= 0.3 is 0 Å². The molecule has 0 spiro atoms. The van der Waals surface area contributed by atoms with E-state index in [1.807, 2.05) is 6.92 Å². The summed E-state index contributed by atoms with van der Waals surface area (Å²) in [5.41, 5.74) is 7.75. The molecule has 22 heavy (non-hydrogen) atoms. The summed E-state index contributed by atoms with van der Waals surface area (Å²) >= 11 is 4.90. The number of amides is 1. The standard InChI is InChI=1S/C16H17N3O2S/c1-11-5-6-15(21)19(10-11)8-7-14(20)18-13-4-2-3-12(9-13)16(17)22/h2-6,9-10H,7-8H2,1H3,(H2,17,22)(H,18,20). The smallest absolute Gasteiger partial charge is 0.250 e. The first kappa shape index (κ1) is 15.9. The first-order valence-corrected chi connectivity index (χ1v) is 7.23. The maximum atomic E-state index is 12.0. The number of pyridine rings is 1. The minimum absolute atomic E-state index is 0.117. The Morgan fingerprint density at radius 3 is 2.82 bits per heavy atom. The number of hydrogen-bond acceptors (Lipinski definition) is 3. The van der Waals surface area contributed by atoms with Crippen molar-refractivity contribution in [1.29, 1.82) is 0 Å². The second kappa shape index (κ2) is 7.00. The van der Waals surface area contributed by atoms with Gasteiger partial charge in [-0.15, -0.1) is 0 Å². The summed E-state index contributed by atoms with van der Waals surface area (Å²) in [5.74, 6) is -0.173. The summed E-state index contributed by atoms with van der Waals surface area (Å²) in [6.45, 7) is 2.23. The first-order valence-electron chi connectivity index (χ1n) is 6.82. The number of aryl methyl sites for hydroxylation is 2. The molecule has 1 aromatic heterocycles. The van der Waals surface area contributed by atoms with Crippen molar-refractivity contribution in [3.63, 3.8) is 0 Å². The molecule has 3 N–H and O–H groups in total. The maximum absolute atomic E-state index is 12.0. The third kappa shape index (κ3) is 4.26. The van der Waals surface area contributed by atoms with E-state index in [0.29, 0.717) is 17.8 Å². The van der Waals surface area contributed by atoms with Crippen molar-refractivity contribution in [3.05, 3.63) is 64.1 Å². The third-order valence-electron chi connectivity index (χ3n) is 3.14. The van der Waals surface area contributed by atoms with Gasteiger partial charge in [0.15, 0.2) is 0 Å². The van der Waals surface area contributed by atoms with Gasteiger partial charge in [0.1, 0.15) is 4.99 Å². The molecule has 114 valence electrons. The van der Waals surface area contributed by atoms with Crippen LogP contribution in [0.15, 0.2) is 47.4 Å². The van der Waals surface area contributed by atoms with Crippen LogP contribution < -0.4 is 16.6 Å². The van der Waals surface area contributed by atoms with Crippen LogP contribution in [0.5, 0.6) is 0 Å². The molecule has 0 aliphatic rings. The second-order valence-electron chi connectivity index (χ2n) is 4.98. The van der Waals surface area contributed by atoms with Crippen molar-refractivity contribution in [2.24, 2.45) is 5.73 Å². The fraction of sp³-hybridized carbons (Fsp3) is 0.188. The van der Waals surface area contributed by atoms with E-state index in [0.717, 1.165) is 5.56 Å². The lowest BCUT2D eigenvalue weighted by Gasteiger charge is -2.08. The lowest BCUT2D eigenvalue weighted by atomic mass is 10.2. The van der Waals surface area contributed by atoms with Crippen LogP contribution in [0, 0.1) is 6.92 Å². The van der Waals surface area contributed by atoms with Crippen molar-refractivity contribution >= 4 is 28.8 Å². The van der Waals surface area contributed by atoms with Gasteiger partial charge in [0.2, 0.25) is 5.91 Å². The third-order valence-corrected chi connectivity index (χ3v) is 3.38. The summed E-state index contributed by atoms with van der Waals surface area (Å²) in [6.07, 6.45) is 1.95. The molecule has 0 fully saturated rings. The molecule has 0 radical (unpaired) electrons. The zero-order chi connectivity index (χ0) is 16.1. The molecule has 2 rings (SSSR count). The molecule has 0 saturated heterocycles. The number of nitrogens with one attached hydrogen (secondary N) is 1. The number of rotatable bonds is 5. The number of hydrogen-bond donors (Lipinski definition) is 2. The highest BCUT2D eigenvalue weighted by Crippen LogP contribution is 2.11. The lowest BCUT2D eigenvalue weighted by Crippen LogP contribution is -2.22. The summed E-state index contributed by atoms with van der Waals surface area (Å²) in [4.78, 5) is 23.9. The van der Waals surface area contributed by atoms with E-state index in [1.165, 1.54) is 10.6 Å². The van der Waals surface area contributed by atoms with Crippen LogP contribution in [0.1, 0.15) is 17.5 Å². The average molecular weight is 315 g/mol. The molecule has 0 aliphatic heterocycles. The molecule has 2 aromatic rings. The number of thiocarbonyl (C=S) groups is 1. The Balaban J connectivity index is 1.98. The Kier molecular flexibility index (Phi) is 5.06. The largest absolute Gasteiger partial charge is 0.389 e. The van der Waals surface area contributed by atoms with Gasteiger partial charge in [-0.3, -0.25) is 9.59 Å². The molecule has 0 unspecified atom stereocenters. The molecule has 1 heterocycles. The second-order valence-corrected chi connectivity index (χ2v) is 5.42. The van der Waals surface area contributed by atoms with Gasteiger partial charge in [-0.2, -0.15) is 0 Å². The Morgan fingerprint density at radius 1 is 1.32 bits per heavy atom. The Bertz CT molecular complexity index is 768. The van der Waals surface area contributed by atoms with Gasteiger partial charge in [-0.05, 0) is 24.6 Å². The topological polar surface area (TPSA) is 77.1 Å². The van der Waals surface area contributed by atoms with Crippen LogP contribution in [0.3, 0.4) is 0 Å². The molecule has 5 nitrogen and oxygen atoms in total. The monoisotopic (exact) mass is 315 g/mol. The van der Waals surface area contributed by atoms with Crippen LogP contribution in [0.2, 0.25) is 0 Å². The predicted octanol–water partition coefficient (Wildman–Crippen LogP) is 1.82. The van der Waals surface area contributed by atoms with Crippen LogP contribution >= 0.6 is 12.2 Å². The normalized spacial score (nSPS) is 10.2. The van der Waals surface area contributed by atoms with Crippen LogP contribution in [0.4, 0.5) is 5.69 Å². The quantitative estimate of drug-likeness (QED) is 0.825. The van der Waals surface area contributed by atoms with E-state index in [2.05, 4.69) is 5.32 Å². The molecule has 0 saturated carbocycles. The van der Waals surface area contributed by atoms with E-state index in [9.17, 15) is 9.59 Å². The van der Waals surface area contributed by atoms with E-state index < -0.39 is 0 Å². The van der Waals surface area contributed by atoms with Gasteiger partial charge in [0.05, 0.1) is 0 Å². The number of nitrogens with zero attached hydrogens (tertiary/aromatic N) is 1. The summed E-state index contributed by atoms with van der Waals surface area (Å²) < 4.78 is 1.53. The SMILES string of the molecule is Cc1ccc(=O)n(CCC(=O)Nc2cccc(C(N)=S)c2)c1. The Labute approximate surface area is 133 Å². The minimum atomic E-state index is -0.173. The highest BCUT2D eigenvalue weighted by Gasteiger charge is 2.05. The van der Waals surface area contributed by atoms with Gasteiger partial charge < -0.3 is 15.6 Å². The van der Waals surface area contributed by atoms with E-state index in [-0.39, 0.29) is 22.9 Å². The van der Waals surface area contributed by atoms with Crippen molar-refractivity contribution in [3.8, 4) is 0 Å². The van der Waals surface area contributed by atoms with Crippen LogP contribution in [-0.2, 0) is 11.3 Å². The van der Waals surface area contributed by atoms with E-state index in [4.69, 9.17) is 18.0 Å². The summed E-state index contributed by atoms with van der Waals surface area (Å²) in [7, 11) is 0. The molecule has 0 bridgehead atoms. The number of anilines is 1. The zero-order valence-electron chi connectivity index (χ0n) is 12.2. The average Bonchev–Trinajstić information content (AvgIpc) is 2.48. The van der Waals surface area contributed by atoms with Gasteiger partial charge in [-0.1, -0.05) is 30.4 Å². The van der Waals surface area contributed by atoms with Crippen LogP contribution in [-0.4, -0.2) is 15.5 Å². The summed E-state index contributed by atoms with van der Waals surface area (Å²) in [5, 5.41) is 2.77. The fourth-order valence-corrected chi connectivity index (χ4v) is 2.15. The molecule has 0 aliphatic carbocycles. The number of carbonyl (C=O) groups is 1. The molecule has 1 amide bonds. The highest BCUT2D eigenvalue weighted by atomic mass is 32.1. The summed E-state index contributed by atoms with van der Waals surface area (Å²) in [6, 6.07) is 10.3. The Hall–Kier alpha value is -2.47. The number of nitrogens with two attached hydrogens (primary N) is 1. The van der Waals surface area contributed by atoms with Crippen molar-refractivity contribution in [2.45, 2.75) is 19.9 Å². The van der Waals surface area contributed by atoms with Crippen molar-refractivity contribution in [2.75, 3.05) is 5.32 Å². The zero-order valence-corrected chi connectivity index (χ0v) is 13.0. The maximum Gasteiger partial charge on any atom is 0.250 e. The molecular weight excluding hydrogens is 298 g/mol. The Morgan fingerprint density at radius 2 is 2.09 bits per heavy atom. The predicted molar refractivity (Wildman–Crippen MR) is 91.0 cm³/mol. The van der Waals surface area contributed by atoms with E-state index in [1.54, 1.807) is 36.5 Å². The van der Waals surface area contributed by atoms with Crippen molar-refractivity contribution in [1.82, 2.24) is 4.57 Å². The minimum Gasteiger partial charge on any atom is -0.389 e. The van der Waals surface area contributed by atoms with E-state index >= 15 is 0 Å². The number of benzene rings is 1. The molecular formula is C16H17N3O2S. The molecule has 0 atom stereocenters. The van der Waals surface area contributed by atoms with Gasteiger partial charge in [0, 0.05) is 36.5 Å². The fourth-order valence-electron chi connectivity index (χ4n) is 2.02. The number of aromatic nitrogens is 1. The molecule has 1 aromatic carbocycles. The van der Waals surface area contributed by atoms with Gasteiger partial charge in [0.25, 0.3) is 5.56 Å². The lowest BCUT2D eigenvalue weighted by molar-refractivity contribution is -0.116. The van der Waals surface area contributed by atoms with Gasteiger partial charge in [-0.25, -0.2) is 0 Å². The van der Waals surface area contributed by atoms with Crippen molar-refractivity contribution < 1.29 is 4.79 Å². The number of carbonyl (C=O) groups excluding carboxylic acids is 1. The first-order chi connectivity index (χ1) is 10.5.